The summed E-state index contributed by atoms with van der Waals surface area (Å²) in [4.78, 5) is 26.1. The van der Waals surface area contributed by atoms with Crippen molar-refractivity contribution < 1.29 is 19.2 Å². The number of nitrogens with one attached hydrogen (secondary N) is 1. The van der Waals surface area contributed by atoms with E-state index >= 15 is 0 Å². The number of halogens is 1. The quantitative estimate of drug-likeness (QED) is 0.393. The van der Waals surface area contributed by atoms with E-state index in [4.69, 9.17) is 5.21 Å². The second kappa shape index (κ2) is 10.6. The summed E-state index contributed by atoms with van der Waals surface area (Å²) < 4.78 is 14.8. The van der Waals surface area contributed by atoms with Crippen molar-refractivity contribution in [3.8, 4) is 0 Å². The number of rotatable bonds is 8. The van der Waals surface area contributed by atoms with E-state index in [1.807, 2.05) is 0 Å². The van der Waals surface area contributed by atoms with Gasteiger partial charge >= 0.3 is 0 Å². The molecule has 1 aliphatic rings. The Hall–Kier alpha value is -3.59. The number of carbonyl (C=O) groups excluding carboxylic acids is 2. The maximum Gasteiger partial charge on any atom is 0.253 e. The molecule has 3 aromatic rings. The average molecular weight is 466 g/mol. The maximum absolute atomic E-state index is 13.1. The molecule has 2 N–H and O–H groups in total. The second-order valence-electron chi connectivity index (χ2n) is 8.77. The molecule has 9 heteroatoms. The average Bonchev–Trinajstić information content (AvgIpc) is 3.31. The van der Waals surface area contributed by atoms with Gasteiger partial charge in [0.1, 0.15) is 11.5 Å². The van der Waals surface area contributed by atoms with Crippen molar-refractivity contribution in [1.82, 2.24) is 25.4 Å². The molecule has 1 unspecified atom stereocenters. The summed E-state index contributed by atoms with van der Waals surface area (Å²) in [5.74, 6) is -1.18. The van der Waals surface area contributed by atoms with Gasteiger partial charge in [0.05, 0.1) is 25.2 Å². The van der Waals surface area contributed by atoms with Gasteiger partial charge in [0.15, 0.2) is 0 Å². The zero-order chi connectivity index (χ0) is 24.1. The molecule has 0 aliphatic heterocycles. The molecule has 0 spiro atoms. The van der Waals surface area contributed by atoms with Gasteiger partial charge in [-0.15, -0.1) is 5.10 Å². The Morgan fingerprint density at radius 1 is 1.15 bits per heavy atom. The maximum atomic E-state index is 13.1. The molecule has 0 saturated carbocycles. The van der Waals surface area contributed by atoms with Crippen LogP contribution < -0.4 is 5.48 Å². The van der Waals surface area contributed by atoms with Crippen LogP contribution in [-0.4, -0.2) is 44.0 Å². The highest BCUT2D eigenvalue weighted by Gasteiger charge is 2.21. The molecule has 0 bridgehead atoms. The number of aromatic nitrogens is 3. The fraction of sp³-hybridized carbons (Fsp3) is 0.360. The minimum absolute atomic E-state index is 0.0285. The van der Waals surface area contributed by atoms with Crippen molar-refractivity contribution in [3.05, 3.63) is 82.4 Å². The Bertz CT molecular complexity index is 1160. The van der Waals surface area contributed by atoms with Crippen molar-refractivity contribution >= 4 is 11.8 Å². The Morgan fingerprint density at radius 2 is 1.88 bits per heavy atom. The van der Waals surface area contributed by atoms with Crippen molar-refractivity contribution in [3.63, 3.8) is 0 Å². The Kier molecular flexibility index (Phi) is 7.32. The van der Waals surface area contributed by atoms with Crippen molar-refractivity contribution in [2.45, 2.75) is 51.1 Å². The molecule has 1 aliphatic carbocycles. The molecule has 0 saturated heterocycles. The predicted molar refractivity (Wildman–Crippen MR) is 123 cm³/mol. The fourth-order valence-electron chi connectivity index (χ4n) is 4.40. The van der Waals surface area contributed by atoms with E-state index in [-0.39, 0.29) is 24.9 Å². The predicted octanol–water partition coefficient (Wildman–Crippen LogP) is 3.25. The Morgan fingerprint density at radius 3 is 2.62 bits per heavy atom. The fourth-order valence-corrected chi connectivity index (χ4v) is 4.40. The summed E-state index contributed by atoms with van der Waals surface area (Å²) in [5.41, 5.74) is 6.46. The third-order valence-electron chi connectivity index (χ3n) is 6.20. The van der Waals surface area contributed by atoms with Crippen LogP contribution >= 0.6 is 0 Å². The molecule has 34 heavy (non-hydrogen) atoms. The van der Waals surface area contributed by atoms with Crippen molar-refractivity contribution in [2.75, 3.05) is 7.05 Å². The molecule has 0 radical (unpaired) electrons. The largest absolute Gasteiger partial charge is 0.336 e. The van der Waals surface area contributed by atoms with Gasteiger partial charge in [-0.1, -0.05) is 23.4 Å². The highest BCUT2D eigenvalue weighted by molar-refractivity contribution is 5.93. The number of amides is 2. The lowest BCUT2D eigenvalue weighted by atomic mass is 9.89. The molecule has 4 rings (SSSR count). The van der Waals surface area contributed by atoms with Gasteiger partial charge in [0, 0.05) is 12.6 Å². The standard InChI is InChI=1S/C25H28FN5O3/c1-30(25(33)19-8-10-21(26)11-9-19)15-22-16-31(29-27-22)23(14-24(32)28-34)13-17-6-7-18-4-2-3-5-20(18)12-17/h6-12,16,23,34H,2-5,13-15H2,1H3,(H,28,32). The minimum atomic E-state index is -0.511. The van der Waals surface area contributed by atoms with E-state index in [1.165, 1.54) is 53.1 Å². The summed E-state index contributed by atoms with van der Waals surface area (Å²) in [6, 6.07) is 11.5. The lowest BCUT2D eigenvalue weighted by Crippen LogP contribution is -2.26. The topological polar surface area (TPSA) is 100 Å². The third-order valence-corrected chi connectivity index (χ3v) is 6.20. The summed E-state index contributed by atoms with van der Waals surface area (Å²) in [6.45, 7) is 0.202. The van der Waals surface area contributed by atoms with Gasteiger partial charge in [-0.25, -0.2) is 14.6 Å². The van der Waals surface area contributed by atoms with E-state index in [1.54, 1.807) is 23.4 Å². The van der Waals surface area contributed by atoms with E-state index < -0.39 is 11.7 Å². The third kappa shape index (κ3) is 5.66. The van der Waals surface area contributed by atoms with Gasteiger partial charge in [-0.2, -0.15) is 0 Å². The zero-order valence-corrected chi connectivity index (χ0v) is 19.1. The smallest absolute Gasteiger partial charge is 0.253 e. The molecule has 1 atom stereocenters. The molecule has 1 heterocycles. The minimum Gasteiger partial charge on any atom is -0.336 e. The molecule has 0 fully saturated rings. The molecule has 178 valence electrons. The SMILES string of the molecule is CN(Cc1cn(C(CC(=O)NO)Cc2ccc3c(c2)CCCC3)nn1)C(=O)c1ccc(F)cc1. The number of hydrogen-bond donors (Lipinski definition) is 2. The van der Waals surface area contributed by atoms with Crippen LogP contribution in [0.1, 0.15) is 58.0 Å². The van der Waals surface area contributed by atoms with Crippen LogP contribution in [-0.2, 0) is 30.6 Å². The van der Waals surface area contributed by atoms with Gasteiger partial charge in [0.25, 0.3) is 5.91 Å². The van der Waals surface area contributed by atoms with Crippen LogP contribution in [0.25, 0.3) is 0 Å². The molecule has 2 amide bonds. The van der Waals surface area contributed by atoms with Gasteiger partial charge in [0.2, 0.25) is 5.91 Å². The molecule has 2 aromatic carbocycles. The van der Waals surface area contributed by atoms with Crippen LogP contribution in [0.15, 0.2) is 48.7 Å². The van der Waals surface area contributed by atoms with Crippen LogP contribution in [0, 0.1) is 5.82 Å². The highest BCUT2D eigenvalue weighted by atomic mass is 19.1. The van der Waals surface area contributed by atoms with Gasteiger partial charge < -0.3 is 4.90 Å². The zero-order valence-electron chi connectivity index (χ0n) is 19.1. The lowest BCUT2D eigenvalue weighted by molar-refractivity contribution is -0.130. The van der Waals surface area contributed by atoms with Crippen LogP contribution in [0.5, 0.6) is 0 Å². The summed E-state index contributed by atoms with van der Waals surface area (Å²) >= 11 is 0. The summed E-state index contributed by atoms with van der Waals surface area (Å²) in [6.07, 6.45) is 6.85. The first-order valence-electron chi connectivity index (χ1n) is 11.4. The molecular formula is C25H28FN5O3. The van der Waals surface area contributed by atoms with Gasteiger partial charge in [-0.3, -0.25) is 14.8 Å². The molecule has 8 nitrogen and oxygen atoms in total. The first kappa shape index (κ1) is 23.6. The first-order valence-corrected chi connectivity index (χ1v) is 11.4. The van der Waals surface area contributed by atoms with E-state index in [0.717, 1.165) is 18.4 Å². The van der Waals surface area contributed by atoms with Gasteiger partial charge in [-0.05, 0) is 73.1 Å². The monoisotopic (exact) mass is 465 g/mol. The number of benzene rings is 2. The number of hydrogen-bond acceptors (Lipinski definition) is 5. The Balaban J connectivity index is 1.48. The lowest BCUT2D eigenvalue weighted by Gasteiger charge is -2.20. The highest BCUT2D eigenvalue weighted by Crippen LogP contribution is 2.25. The molecular weight excluding hydrogens is 437 g/mol. The van der Waals surface area contributed by atoms with E-state index in [9.17, 15) is 14.0 Å². The number of nitrogens with zero attached hydrogens (tertiary/aromatic N) is 4. The van der Waals surface area contributed by atoms with Crippen molar-refractivity contribution in [2.24, 2.45) is 0 Å². The number of carbonyl (C=O) groups is 2. The van der Waals surface area contributed by atoms with Crippen LogP contribution in [0.4, 0.5) is 4.39 Å². The first-order chi connectivity index (χ1) is 16.4. The second-order valence-corrected chi connectivity index (χ2v) is 8.77. The summed E-state index contributed by atoms with van der Waals surface area (Å²) in [7, 11) is 1.63. The summed E-state index contributed by atoms with van der Waals surface area (Å²) in [5, 5.41) is 17.4. The number of hydroxylamine groups is 1. The van der Waals surface area contributed by atoms with E-state index in [0.29, 0.717) is 17.7 Å². The van der Waals surface area contributed by atoms with Crippen molar-refractivity contribution in [1.29, 1.82) is 0 Å². The van der Waals surface area contributed by atoms with Crippen LogP contribution in [0.3, 0.4) is 0 Å². The Labute approximate surface area is 197 Å². The van der Waals surface area contributed by atoms with E-state index in [2.05, 4.69) is 28.5 Å². The number of aryl methyl sites for hydroxylation is 2. The normalized spacial score (nSPS) is 13.7. The molecule has 1 aromatic heterocycles. The number of fused-ring (bicyclic) bond motifs is 1. The van der Waals surface area contributed by atoms with Crippen LogP contribution in [0.2, 0.25) is 0 Å².